The molecule has 2 rings (SSSR count). The Labute approximate surface area is 159 Å². The van der Waals surface area contributed by atoms with Gasteiger partial charge in [-0.25, -0.2) is 0 Å². The maximum Gasteiger partial charge on any atom is 0.264 e. The molecule has 1 N–H and O–H groups in total. The average molecular weight is 374 g/mol. The first-order valence-electron chi connectivity index (χ1n) is 8.89. The topological polar surface area (TPSA) is 52.7 Å². The van der Waals surface area contributed by atoms with Crippen molar-refractivity contribution in [2.24, 2.45) is 0 Å². The van der Waals surface area contributed by atoms with E-state index in [1.807, 2.05) is 66.5 Å². The van der Waals surface area contributed by atoms with Crippen LogP contribution in [-0.2, 0) is 11.3 Å². The molecule has 5 nitrogen and oxygen atoms in total. The van der Waals surface area contributed by atoms with Crippen LogP contribution in [0.1, 0.15) is 41.9 Å². The summed E-state index contributed by atoms with van der Waals surface area (Å²) < 4.78 is 0. The summed E-state index contributed by atoms with van der Waals surface area (Å²) in [5.41, 5.74) is 2.82. The molecular weight excluding hydrogens is 346 g/mol. The minimum Gasteiger partial charge on any atom is -0.377 e. The van der Waals surface area contributed by atoms with Gasteiger partial charge in [0.25, 0.3) is 5.91 Å². The molecule has 1 aromatic carbocycles. The molecule has 0 radical (unpaired) electrons. The quantitative estimate of drug-likeness (QED) is 0.754. The molecule has 0 saturated heterocycles. The van der Waals surface area contributed by atoms with Gasteiger partial charge in [-0.1, -0.05) is 19.9 Å². The number of rotatable bonds is 8. The standard InChI is InChI=1S/C20H27N3O2S/c1-5-11-23(20(25)18-8-7-12-26-18)14-15-13-16(21-19(24)6-2)9-10-17(15)22(3)4/h7-10,12-13H,5-6,11,14H2,1-4H3,(H,21,24). The number of benzene rings is 1. The number of nitrogens with zero attached hydrogens (tertiary/aromatic N) is 2. The highest BCUT2D eigenvalue weighted by molar-refractivity contribution is 7.12. The van der Waals surface area contributed by atoms with Crippen molar-refractivity contribution in [2.45, 2.75) is 33.2 Å². The SMILES string of the molecule is CCCN(Cc1cc(NC(=O)CC)ccc1N(C)C)C(=O)c1cccs1. The summed E-state index contributed by atoms with van der Waals surface area (Å²) in [4.78, 5) is 29.2. The zero-order chi connectivity index (χ0) is 19.1. The lowest BCUT2D eigenvalue weighted by Crippen LogP contribution is -2.31. The predicted octanol–water partition coefficient (Wildman–Crippen LogP) is 4.22. The van der Waals surface area contributed by atoms with Crippen LogP contribution in [0.4, 0.5) is 11.4 Å². The Bertz CT molecular complexity index is 742. The van der Waals surface area contributed by atoms with Gasteiger partial charge in [0.15, 0.2) is 0 Å². The summed E-state index contributed by atoms with van der Waals surface area (Å²) in [6, 6.07) is 9.61. The fourth-order valence-electron chi connectivity index (χ4n) is 2.76. The van der Waals surface area contributed by atoms with Crippen LogP contribution in [0.15, 0.2) is 35.7 Å². The number of amides is 2. The van der Waals surface area contributed by atoms with Crippen molar-refractivity contribution in [2.75, 3.05) is 30.9 Å². The molecule has 0 unspecified atom stereocenters. The third kappa shape index (κ3) is 5.08. The normalized spacial score (nSPS) is 10.5. The van der Waals surface area contributed by atoms with Crippen LogP contribution < -0.4 is 10.2 Å². The first-order valence-corrected chi connectivity index (χ1v) is 9.77. The van der Waals surface area contributed by atoms with Crippen molar-refractivity contribution in [3.05, 3.63) is 46.2 Å². The van der Waals surface area contributed by atoms with Crippen molar-refractivity contribution in [3.8, 4) is 0 Å². The van der Waals surface area contributed by atoms with Crippen molar-refractivity contribution in [3.63, 3.8) is 0 Å². The molecular formula is C20H27N3O2S. The van der Waals surface area contributed by atoms with E-state index in [-0.39, 0.29) is 11.8 Å². The number of hydrogen-bond donors (Lipinski definition) is 1. The summed E-state index contributed by atoms with van der Waals surface area (Å²) in [6.45, 7) is 5.09. The van der Waals surface area contributed by atoms with Crippen LogP contribution in [0.2, 0.25) is 0 Å². The monoisotopic (exact) mass is 373 g/mol. The van der Waals surface area contributed by atoms with Gasteiger partial charge < -0.3 is 15.1 Å². The number of carbonyl (C=O) groups is 2. The molecule has 0 bridgehead atoms. The molecule has 2 aromatic rings. The maximum atomic E-state index is 12.8. The summed E-state index contributed by atoms with van der Waals surface area (Å²) >= 11 is 1.46. The van der Waals surface area contributed by atoms with E-state index in [9.17, 15) is 9.59 Å². The van der Waals surface area contributed by atoms with Crippen molar-refractivity contribution >= 4 is 34.5 Å². The van der Waals surface area contributed by atoms with Gasteiger partial charge in [-0.05, 0) is 41.6 Å². The average Bonchev–Trinajstić information content (AvgIpc) is 3.15. The fourth-order valence-corrected chi connectivity index (χ4v) is 3.45. The molecule has 1 aromatic heterocycles. The van der Waals surface area contributed by atoms with Crippen LogP contribution in [0.25, 0.3) is 0 Å². The zero-order valence-corrected chi connectivity index (χ0v) is 16.7. The largest absolute Gasteiger partial charge is 0.377 e. The highest BCUT2D eigenvalue weighted by Gasteiger charge is 2.18. The smallest absolute Gasteiger partial charge is 0.264 e. The Morgan fingerprint density at radius 1 is 1.15 bits per heavy atom. The molecule has 0 aliphatic heterocycles. The summed E-state index contributed by atoms with van der Waals surface area (Å²) in [7, 11) is 3.96. The van der Waals surface area contributed by atoms with E-state index >= 15 is 0 Å². The van der Waals surface area contributed by atoms with E-state index < -0.39 is 0 Å². The molecule has 0 aliphatic carbocycles. The van der Waals surface area contributed by atoms with E-state index in [1.54, 1.807) is 0 Å². The van der Waals surface area contributed by atoms with Crippen LogP contribution in [0.5, 0.6) is 0 Å². The van der Waals surface area contributed by atoms with Crippen LogP contribution >= 0.6 is 11.3 Å². The van der Waals surface area contributed by atoms with Crippen LogP contribution in [0.3, 0.4) is 0 Å². The summed E-state index contributed by atoms with van der Waals surface area (Å²) in [6.07, 6.45) is 1.32. The number of anilines is 2. The van der Waals surface area contributed by atoms with Crippen molar-refractivity contribution in [1.82, 2.24) is 4.90 Å². The second-order valence-electron chi connectivity index (χ2n) is 6.34. The lowest BCUT2D eigenvalue weighted by Gasteiger charge is -2.25. The fraction of sp³-hybridized carbons (Fsp3) is 0.400. The highest BCUT2D eigenvalue weighted by atomic mass is 32.1. The van der Waals surface area contributed by atoms with Gasteiger partial charge in [0.2, 0.25) is 5.91 Å². The molecule has 0 fully saturated rings. The minimum absolute atomic E-state index is 0.0198. The molecule has 2 amide bonds. The molecule has 1 heterocycles. The van der Waals surface area contributed by atoms with E-state index in [4.69, 9.17) is 0 Å². The van der Waals surface area contributed by atoms with Crippen LogP contribution in [-0.4, -0.2) is 37.4 Å². The maximum absolute atomic E-state index is 12.8. The number of nitrogens with one attached hydrogen (secondary N) is 1. The molecule has 0 aliphatic rings. The molecule has 26 heavy (non-hydrogen) atoms. The molecule has 0 saturated carbocycles. The van der Waals surface area contributed by atoms with Crippen molar-refractivity contribution in [1.29, 1.82) is 0 Å². The van der Waals surface area contributed by atoms with E-state index in [0.29, 0.717) is 19.5 Å². The highest BCUT2D eigenvalue weighted by Crippen LogP contribution is 2.26. The first kappa shape index (κ1) is 20.0. The Morgan fingerprint density at radius 2 is 1.92 bits per heavy atom. The zero-order valence-electron chi connectivity index (χ0n) is 15.9. The van der Waals surface area contributed by atoms with Gasteiger partial charge in [0.05, 0.1) is 4.88 Å². The Morgan fingerprint density at radius 3 is 2.50 bits per heavy atom. The van der Waals surface area contributed by atoms with E-state index in [0.717, 1.165) is 28.2 Å². The molecule has 140 valence electrons. The second kappa shape index (κ2) is 9.38. The molecule has 0 atom stereocenters. The third-order valence-corrected chi connectivity index (χ3v) is 4.90. The van der Waals surface area contributed by atoms with E-state index in [1.165, 1.54) is 11.3 Å². The summed E-state index contributed by atoms with van der Waals surface area (Å²) in [5, 5.41) is 4.82. The molecule has 6 heteroatoms. The Kier molecular flexibility index (Phi) is 7.21. The van der Waals surface area contributed by atoms with Gasteiger partial charge in [-0.3, -0.25) is 9.59 Å². The first-order chi connectivity index (χ1) is 12.5. The van der Waals surface area contributed by atoms with Crippen molar-refractivity contribution < 1.29 is 9.59 Å². The summed E-state index contributed by atoms with van der Waals surface area (Å²) in [5.74, 6) is 0.0307. The van der Waals surface area contributed by atoms with Gasteiger partial charge in [-0.15, -0.1) is 11.3 Å². The lowest BCUT2D eigenvalue weighted by molar-refractivity contribution is -0.115. The van der Waals surface area contributed by atoms with E-state index in [2.05, 4.69) is 12.2 Å². The number of hydrogen-bond acceptors (Lipinski definition) is 4. The predicted molar refractivity (Wildman–Crippen MR) is 109 cm³/mol. The van der Waals surface area contributed by atoms with Gasteiger partial charge in [0, 0.05) is 45.0 Å². The molecule has 0 spiro atoms. The van der Waals surface area contributed by atoms with Gasteiger partial charge >= 0.3 is 0 Å². The Balaban J connectivity index is 2.31. The minimum atomic E-state index is -0.0198. The second-order valence-corrected chi connectivity index (χ2v) is 7.29. The third-order valence-electron chi connectivity index (χ3n) is 4.04. The number of thiophene rings is 1. The van der Waals surface area contributed by atoms with Crippen LogP contribution in [0, 0.1) is 0 Å². The Hall–Kier alpha value is -2.34. The number of carbonyl (C=O) groups excluding carboxylic acids is 2. The van der Waals surface area contributed by atoms with Gasteiger partial charge in [-0.2, -0.15) is 0 Å². The van der Waals surface area contributed by atoms with Gasteiger partial charge in [0.1, 0.15) is 0 Å². The lowest BCUT2D eigenvalue weighted by atomic mass is 10.1.